The Bertz CT molecular complexity index is 502. The number of amides is 2. The Morgan fingerprint density at radius 1 is 1.28 bits per heavy atom. The van der Waals surface area contributed by atoms with Crippen molar-refractivity contribution < 1.29 is 19.5 Å². The number of benzene rings is 1. The van der Waals surface area contributed by atoms with Crippen molar-refractivity contribution in [2.75, 3.05) is 5.32 Å². The van der Waals surface area contributed by atoms with Gasteiger partial charge >= 0.3 is 0 Å². The molecule has 7 heteroatoms. The number of hydrogen-bond acceptors (Lipinski definition) is 4. The van der Waals surface area contributed by atoms with E-state index in [4.69, 9.17) is 17.3 Å². The van der Waals surface area contributed by atoms with Crippen molar-refractivity contribution in [3.8, 4) is 0 Å². The highest BCUT2D eigenvalue weighted by atomic mass is 35.5. The van der Waals surface area contributed by atoms with Crippen LogP contribution in [-0.4, -0.2) is 17.8 Å². The van der Waals surface area contributed by atoms with Crippen LogP contribution in [0.4, 0.5) is 5.69 Å². The summed E-state index contributed by atoms with van der Waals surface area (Å²) in [6.45, 7) is 0. The maximum absolute atomic E-state index is 11.3. The quantitative estimate of drug-likeness (QED) is 0.777. The Labute approximate surface area is 108 Å². The van der Waals surface area contributed by atoms with Crippen LogP contribution in [0.5, 0.6) is 0 Å². The first-order valence-electron chi connectivity index (χ1n) is 4.99. The van der Waals surface area contributed by atoms with Crippen LogP contribution in [0.25, 0.3) is 0 Å². The van der Waals surface area contributed by atoms with Gasteiger partial charge < -0.3 is 21.0 Å². The number of carboxylic acid groups (broad SMARTS) is 1. The van der Waals surface area contributed by atoms with Crippen molar-refractivity contribution in [2.24, 2.45) is 5.73 Å². The molecule has 96 valence electrons. The van der Waals surface area contributed by atoms with Gasteiger partial charge in [0, 0.05) is 18.1 Å². The molecule has 18 heavy (non-hydrogen) atoms. The number of anilines is 1. The van der Waals surface area contributed by atoms with Crippen LogP contribution >= 0.6 is 11.6 Å². The molecule has 6 nitrogen and oxygen atoms in total. The molecule has 1 aromatic carbocycles. The average Bonchev–Trinajstić information content (AvgIpc) is 2.28. The summed E-state index contributed by atoms with van der Waals surface area (Å²) in [5.74, 6) is -2.53. The van der Waals surface area contributed by atoms with Crippen LogP contribution in [0.1, 0.15) is 23.2 Å². The fourth-order valence-corrected chi connectivity index (χ4v) is 1.44. The maximum Gasteiger partial charge on any atom is 0.250 e. The largest absolute Gasteiger partial charge is 0.550 e. The third kappa shape index (κ3) is 4.06. The molecule has 0 aromatic heterocycles. The Morgan fingerprint density at radius 3 is 2.50 bits per heavy atom. The van der Waals surface area contributed by atoms with Crippen LogP contribution in [0.2, 0.25) is 5.02 Å². The topological polar surface area (TPSA) is 112 Å². The van der Waals surface area contributed by atoms with E-state index in [9.17, 15) is 19.5 Å². The lowest BCUT2D eigenvalue weighted by Crippen LogP contribution is -2.24. The van der Waals surface area contributed by atoms with Crippen LogP contribution in [0.3, 0.4) is 0 Å². The van der Waals surface area contributed by atoms with E-state index in [0.29, 0.717) is 5.69 Å². The number of nitrogens with one attached hydrogen (secondary N) is 1. The predicted octanol–water partition coefficient (Wildman–Crippen LogP) is -0.0925. The Kier molecular flexibility index (Phi) is 4.67. The summed E-state index contributed by atoms with van der Waals surface area (Å²) in [5.41, 5.74) is 5.48. The van der Waals surface area contributed by atoms with Crippen molar-refractivity contribution in [3.05, 3.63) is 28.8 Å². The summed E-state index contributed by atoms with van der Waals surface area (Å²) in [7, 11) is 0. The fraction of sp³-hybridized carbons (Fsp3) is 0.182. The molecule has 1 aromatic rings. The molecular weight excluding hydrogens is 260 g/mol. The minimum atomic E-state index is -1.31. The van der Waals surface area contributed by atoms with Gasteiger partial charge in [0.1, 0.15) is 0 Å². The molecule has 0 bridgehead atoms. The first kappa shape index (κ1) is 14.0. The summed E-state index contributed by atoms with van der Waals surface area (Å²) in [6, 6.07) is 4.21. The van der Waals surface area contributed by atoms with Crippen molar-refractivity contribution in [2.45, 2.75) is 12.8 Å². The van der Waals surface area contributed by atoms with Gasteiger partial charge in [0.15, 0.2) is 0 Å². The molecule has 0 atom stereocenters. The number of halogens is 1. The summed E-state index contributed by atoms with van der Waals surface area (Å²) in [6.07, 6.45) is -0.584. The van der Waals surface area contributed by atoms with E-state index in [1.807, 2.05) is 0 Å². The zero-order chi connectivity index (χ0) is 13.7. The van der Waals surface area contributed by atoms with Crippen molar-refractivity contribution >= 4 is 35.1 Å². The minimum Gasteiger partial charge on any atom is -0.550 e. The third-order valence-corrected chi connectivity index (χ3v) is 2.40. The molecule has 0 fully saturated rings. The normalized spacial score (nSPS) is 9.83. The summed E-state index contributed by atoms with van der Waals surface area (Å²) in [5, 5.41) is 12.8. The molecule has 0 radical (unpaired) electrons. The van der Waals surface area contributed by atoms with Crippen LogP contribution < -0.4 is 16.2 Å². The standard InChI is InChI=1S/C11H11ClN2O4/c12-8-2-1-6(5-7(8)11(13)18)14-9(15)3-4-10(16)17/h1-2,5H,3-4H2,(H2,13,18)(H,14,15)(H,16,17)/p-1. The van der Waals surface area contributed by atoms with Crippen LogP contribution in [0, 0.1) is 0 Å². The van der Waals surface area contributed by atoms with E-state index in [1.165, 1.54) is 18.2 Å². The SMILES string of the molecule is NC(=O)c1cc(NC(=O)CCC(=O)[O-])ccc1Cl. The summed E-state index contributed by atoms with van der Waals surface area (Å²) >= 11 is 5.73. The van der Waals surface area contributed by atoms with E-state index < -0.39 is 17.8 Å². The van der Waals surface area contributed by atoms with Gasteiger partial charge in [-0.15, -0.1) is 0 Å². The van der Waals surface area contributed by atoms with Gasteiger partial charge in [-0.3, -0.25) is 9.59 Å². The number of carbonyl (C=O) groups excluding carboxylic acids is 3. The molecule has 0 unspecified atom stereocenters. The minimum absolute atomic E-state index is 0.0781. The number of carbonyl (C=O) groups is 3. The molecule has 0 aliphatic heterocycles. The highest BCUT2D eigenvalue weighted by Crippen LogP contribution is 2.20. The molecule has 0 spiro atoms. The number of nitrogens with two attached hydrogens (primary N) is 1. The smallest absolute Gasteiger partial charge is 0.250 e. The Morgan fingerprint density at radius 2 is 1.94 bits per heavy atom. The van der Waals surface area contributed by atoms with E-state index >= 15 is 0 Å². The number of carboxylic acids is 1. The van der Waals surface area contributed by atoms with Gasteiger partial charge in [-0.25, -0.2) is 0 Å². The van der Waals surface area contributed by atoms with Crippen molar-refractivity contribution in [3.63, 3.8) is 0 Å². The van der Waals surface area contributed by atoms with Crippen molar-refractivity contribution in [1.29, 1.82) is 0 Å². The molecule has 0 aliphatic carbocycles. The third-order valence-electron chi connectivity index (χ3n) is 2.07. The Balaban J connectivity index is 2.73. The van der Waals surface area contributed by atoms with Crippen molar-refractivity contribution in [1.82, 2.24) is 0 Å². The molecule has 0 saturated carbocycles. The Hall–Kier alpha value is -2.08. The van der Waals surface area contributed by atoms with Gasteiger partial charge in [-0.05, 0) is 24.6 Å². The second-order valence-electron chi connectivity index (χ2n) is 3.48. The van der Waals surface area contributed by atoms with Crippen LogP contribution in [-0.2, 0) is 9.59 Å². The first-order valence-corrected chi connectivity index (χ1v) is 5.37. The first-order chi connectivity index (χ1) is 8.40. The summed E-state index contributed by atoms with van der Waals surface area (Å²) in [4.78, 5) is 32.5. The lowest BCUT2D eigenvalue weighted by atomic mass is 10.2. The number of aliphatic carboxylic acids is 1. The number of rotatable bonds is 5. The zero-order valence-corrected chi connectivity index (χ0v) is 9.99. The van der Waals surface area contributed by atoms with E-state index in [2.05, 4.69) is 5.32 Å². The highest BCUT2D eigenvalue weighted by molar-refractivity contribution is 6.33. The highest BCUT2D eigenvalue weighted by Gasteiger charge is 2.09. The van der Waals surface area contributed by atoms with Gasteiger partial charge in [-0.1, -0.05) is 11.6 Å². The van der Waals surface area contributed by atoms with Gasteiger partial charge in [0.25, 0.3) is 0 Å². The molecule has 0 aliphatic rings. The lowest BCUT2D eigenvalue weighted by Gasteiger charge is -2.07. The molecule has 0 saturated heterocycles. The zero-order valence-electron chi connectivity index (χ0n) is 9.23. The lowest BCUT2D eigenvalue weighted by molar-refractivity contribution is -0.305. The number of hydrogen-bond donors (Lipinski definition) is 2. The monoisotopic (exact) mass is 269 g/mol. The van der Waals surface area contributed by atoms with Crippen LogP contribution in [0.15, 0.2) is 18.2 Å². The molecule has 0 heterocycles. The molecular formula is C11H10ClN2O4-. The second kappa shape index (κ2) is 6.02. The van der Waals surface area contributed by atoms with Gasteiger partial charge in [-0.2, -0.15) is 0 Å². The molecule has 3 N–H and O–H groups in total. The van der Waals surface area contributed by atoms with Gasteiger partial charge in [0.2, 0.25) is 11.8 Å². The average molecular weight is 270 g/mol. The van der Waals surface area contributed by atoms with E-state index in [0.717, 1.165) is 0 Å². The maximum atomic E-state index is 11.3. The molecule has 1 rings (SSSR count). The van der Waals surface area contributed by atoms with Gasteiger partial charge in [0.05, 0.1) is 10.6 Å². The molecule has 2 amide bonds. The van der Waals surface area contributed by atoms with E-state index in [-0.39, 0.29) is 23.4 Å². The summed E-state index contributed by atoms with van der Waals surface area (Å²) < 4.78 is 0. The second-order valence-corrected chi connectivity index (χ2v) is 3.89. The number of primary amides is 1. The predicted molar refractivity (Wildman–Crippen MR) is 62.8 cm³/mol. The fourth-order valence-electron chi connectivity index (χ4n) is 1.23. The van der Waals surface area contributed by atoms with E-state index in [1.54, 1.807) is 0 Å².